The first-order valence-corrected chi connectivity index (χ1v) is 24.1. The summed E-state index contributed by atoms with van der Waals surface area (Å²) in [6.45, 7) is 1.87. The quantitative estimate of drug-likeness (QED) is 0.0946. The second kappa shape index (κ2) is 26.9. The zero-order valence-electron chi connectivity index (χ0n) is 41.5. The number of benzene rings is 4. The number of carbonyl (C=O) groups excluding carboxylic acids is 6. The molecule has 0 aromatic heterocycles. The summed E-state index contributed by atoms with van der Waals surface area (Å²) >= 11 is 0. The highest BCUT2D eigenvalue weighted by Gasteiger charge is 2.43. The average Bonchev–Trinajstić information content (AvgIpc) is 3.56. The van der Waals surface area contributed by atoms with Gasteiger partial charge in [0, 0.05) is 85.1 Å². The second-order valence-electron chi connectivity index (χ2n) is 18.5. The summed E-state index contributed by atoms with van der Waals surface area (Å²) in [7, 11) is 1.44. The lowest BCUT2D eigenvalue weighted by Crippen LogP contribution is -2.49. The van der Waals surface area contributed by atoms with E-state index in [0.29, 0.717) is 44.9 Å². The molecule has 6 rings (SSSR count). The van der Waals surface area contributed by atoms with Crippen molar-refractivity contribution in [3.05, 3.63) is 137 Å². The number of nitrogens with zero attached hydrogens (tertiary/aromatic N) is 3. The fourth-order valence-corrected chi connectivity index (χ4v) is 9.01. The van der Waals surface area contributed by atoms with Gasteiger partial charge in [-0.15, -0.1) is 0 Å². The first-order valence-electron chi connectivity index (χ1n) is 24.1. The monoisotopic (exact) mass is 1110 g/mol. The zero-order valence-corrected chi connectivity index (χ0v) is 41.5. The fraction of sp³-hybridized carbons (Fsp3) is 0.418. The number of carbonyl (C=O) groups is 6. The van der Waals surface area contributed by atoms with Crippen LogP contribution >= 0.6 is 0 Å². The fourth-order valence-electron chi connectivity index (χ4n) is 9.01. The molecule has 2 aliphatic rings. The van der Waals surface area contributed by atoms with Gasteiger partial charge in [0.1, 0.15) is 11.6 Å². The number of halogens is 12. The second-order valence-corrected chi connectivity index (χ2v) is 18.5. The first kappa shape index (κ1) is 63.3. The number of hydrogen-bond donors (Lipinski definition) is 2. The third-order valence-corrected chi connectivity index (χ3v) is 12.8. The van der Waals surface area contributed by atoms with Gasteiger partial charge in [-0.25, -0.2) is 4.99 Å². The van der Waals surface area contributed by atoms with E-state index in [1.54, 1.807) is 109 Å². The number of fused-ring (bicyclic) bond motifs is 2. The molecule has 2 N–H and O–H groups in total. The van der Waals surface area contributed by atoms with Crippen molar-refractivity contribution in [2.24, 2.45) is 33.7 Å². The van der Waals surface area contributed by atoms with Gasteiger partial charge < -0.3 is 15.5 Å². The Hall–Kier alpha value is -7.20. The molecular formula is C55H57F12N5O6. The van der Waals surface area contributed by atoms with E-state index in [0.717, 1.165) is 13.8 Å². The minimum absolute atomic E-state index is 0. The molecule has 11 nitrogen and oxygen atoms in total. The first-order chi connectivity index (χ1) is 35.9. The predicted octanol–water partition coefficient (Wildman–Crippen LogP) is 11.7. The number of anilines is 1. The van der Waals surface area contributed by atoms with Gasteiger partial charge >= 0.3 is 24.7 Å². The normalized spacial score (nSPS) is 17.3. The van der Waals surface area contributed by atoms with E-state index in [1.807, 2.05) is 0 Å². The number of rotatable bonds is 18. The van der Waals surface area contributed by atoms with Crippen LogP contribution in [-0.4, -0.2) is 90.6 Å². The molecule has 23 heteroatoms. The van der Waals surface area contributed by atoms with E-state index in [9.17, 15) is 81.5 Å². The highest BCUT2D eigenvalue weighted by Crippen LogP contribution is 2.36. The summed E-state index contributed by atoms with van der Waals surface area (Å²) in [5, 5.41) is 4.66. The summed E-state index contributed by atoms with van der Waals surface area (Å²) in [5.74, 6) is -12.0. The number of Topliss-reactive ketones (excluding diaryl/α,β-unsaturated/α-hetero) is 3. The molecule has 0 spiro atoms. The molecule has 2 aliphatic heterocycles. The molecule has 4 aromatic rings. The molecule has 78 heavy (non-hydrogen) atoms. The minimum Gasteiger partial charge on any atom is -0.328 e. The summed E-state index contributed by atoms with van der Waals surface area (Å²) in [4.78, 5) is 87.5. The van der Waals surface area contributed by atoms with Gasteiger partial charge in [0.05, 0.1) is 17.1 Å². The number of alkyl halides is 12. The van der Waals surface area contributed by atoms with Crippen molar-refractivity contribution in [2.75, 3.05) is 11.9 Å². The third-order valence-electron chi connectivity index (χ3n) is 12.8. The van der Waals surface area contributed by atoms with E-state index in [1.165, 1.54) is 11.9 Å². The number of nitrogens with one attached hydrogen (secondary N) is 2. The lowest BCUT2D eigenvalue weighted by molar-refractivity contribution is -0.152. The number of benzodiazepines with no additional fused rings is 1. The summed E-state index contributed by atoms with van der Waals surface area (Å²) in [6, 6.07) is 31.1. The van der Waals surface area contributed by atoms with Crippen molar-refractivity contribution in [1.82, 2.24) is 10.6 Å². The predicted molar refractivity (Wildman–Crippen MR) is 266 cm³/mol. The topological polar surface area (TPSA) is 154 Å². The Morgan fingerprint density at radius 2 is 0.859 bits per heavy atom. The van der Waals surface area contributed by atoms with Gasteiger partial charge in [-0.1, -0.05) is 111 Å². The van der Waals surface area contributed by atoms with E-state index < -0.39 is 147 Å². The number of likely N-dealkylation sites (N-methyl/N-ethyl adjacent to an activating group) is 1. The number of amides is 3. The van der Waals surface area contributed by atoms with E-state index in [4.69, 9.17) is 0 Å². The Morgan fingerprint density at radius 3 is 1.28 bits per heavy atom. The van der Waals surface area contributed by atoms with Crippen molar-refractivity contribution in [1.29, 1.82) is 0 Å². The van der Waals surface area contributed by atoms with Crippen molar-refractivity contribution < 1.29 is 81.5 Å². The molecule has 0 aliphatic carbocycles. The minimum atomic E-state index is -4.72. The molecule has 0 radical (unpaired) electrons. The number of ketones is 3. The van der Waals surface area contributed by atoms with Crippen LogP contribution < -0.4 is 15.5 Å². The van der Waals surface area contributed by atoms with Crippen LogP contribution in [0.4, 0.5) is 58.4 Å². The molecule has 0 bridgehead atoms. The largest absolute Gasteiger partial charge is 0.389 e. The van der Waals surface area contributed by atoms with E-state index in [2.05, 4.69) is 20.6 Å². The standard InChI is InChI=1S/C27H27F6N3O3.C27H26F6N2O3.CH4/c1-16(37)18(12-14-26(28,29)30)19(13-15-27(31,32)33)24(38)35-23-25(39)36(2)21-11-7-6-10-20(21)22(34-23)17-8-4-3-5-9-17;1-16(36)19(11-13-26(28,29)30)21(12-14-27(31,32)33)25(38)35-24-22(37)15-18-9-5-6-10-20(18)23(34-24)17-7-3-2-4-8-17;/h3-11,18-19,23H,12-15H2,1-2H3,(H,35,38);2-10,19,21,24H,11-15H2,1H3,(H,35,38);1H4/t18-,19-,23-;19-,21-,24-;/m11./s1. The lowest BCUT2D eigenvalue weighted by Gasteiger charge is -2.27. The Balaban J connectivity index is 0.000000332. The molecule has 0 fully saturated rings. The van der Waals surface area contributed by atoms with Crippen LogP contribution in [0.15, 0.2) is 119 Å². The highest BCUT2D eigenvalue weighted by molar-refractivity contribution is 6.20. The molecule has 0 saturated heterocycles. The van der Waals surface area contributed by atoms with Gasteiger partial charge in [0.2, 0.25) is 18.0 Å². The van der Waals surface area contributed by atoms with Crippen molar-refractivity contribution >= 4 is 52.2 Å². The maximum atomic E-state index is 13.3. The van der Waals surface area contributed by atoms with Crippen LogP contribution in [0, 0.1) is 23.7 Å². The van der Waals surface area contributed by atoms with Crippen molar-refractivity contribution in [2.45, 2.75) is 116 Å². The Labute approximate surface area is 442 Å². The lowest BCUT2D eigenvalue weighted by atomic mass is 9.81. The number of para-hydroxylation sites is 1. The summed E-state index contributed by atoms with van der Waals surface area (Å²) in [6.07, 6.45) is -31.5. The Bertz CT molecular complexity index is 2800. The maximum Gasteiger partial charge on any atom is 0.389 e. The Morgan fingerprint density at radius 1 is 0.513 bits per heavy atom. The SMILES string of the molecule is C.CC(=O)[C@@H](CCC(F)(F)F)[C@@H](CCC(F)(F)F)C(=O)N[C@H]1N=C(c2ccccc2)c2ccccc2CC1=O.CC(=O)[C@@H](CCC(F)(F)F)[C@@H](CCC(F)(F)F)C(=O)N[C@H]1N=C(c2ccccc2)c2ccccc2N(C)C1=O. The maximum absolute atomic E-state index is 13.3. The third kappa shape index (κ3) is 18.5. The van der Waals surface area contributed by atoms with Gasteiger partial charge in [0.25, 0.3) is 5.91 Å². The molecule has 2 heterocycles. The smallest absolute Gasteiger partial charge is 0.328 e. The summed E-state index contributed by atoms with van der Waals surface area (Å²) < 4.78 is 156. The summed E-state index contributed by atoms with van der Waals surface area (Å²) in [5.41, 5.74) is 4.16. The van der Waals surface area contributed by atoms with Gasteiger partial charge in [-0.2, -0.15) is 52.7 Å². The molecule has 0 saturated carbocycles. The number of hydrogen-bond acceptors (Lipinski definition) is 8. The molecule has 6 atom stereocenters. The molecule has 4 aromatic carbocycles. The Kier molecular flexibility index (Phi) is 21.9. The molecule has 422 valence electrons. The van der Waals surface area contributed by atoms with E-state index >= 15 is 0 Å². The van der Waals surface area contributed by atoms with E-state index in [-0.39, 0.29) is 13.8 Å². The van der Waals surface area contributed by atoms with Crippen LogP contribution in [0.25, 0.3) is 0 Å². The molecule has 3 amide bonds. The van der Waals surface area contributed by atoms with Crippen LogP contribution in [0.3, 0.4) is 0 Å². The van der Waals surface area contributed by atoms with Crippen LogP contribution in [-0.2, 0) is 35.2 Å². The van der Waals surface area contributed by atoms with Crippen LogP contribution in [0.1, 0.15) is 100 Å². The average molecular weight is 1110 g/mol. The zero-order chi connectivity index (χ0) is 57.0. The van der Waals surface area contributed by atoms with Gasteiger partial charge in [-0.3, -0.25) is 33.8 Å². The van der Waals surface area contributed by atoms with Crippen LogP contribution in [0.2, 0.25) is 0 Å². The van der Waals surface area contributed by atoms with Crippen molar-refractivity contribution in [3.8, 4) is 0 Å². The molecular weight excluding hydrogens is 1050 g/mol. The van der Waals surface area contributed by atoms with Gasteiger partial charge in [-0.05, 0) is 51.2 Å². The molecule has 0 unspecified atom stereocenters. The highest BCUT2D eigenvalue weighted by atomic mass is 19.4. The van der Waals surface area contributed by atoms with Crippen molar-refractivity contribution in [3.63, 3.8) is 0 Å². The van der Waals surface area contributed by atoms with Crippen LogP contribution in [0.5, 0.6) is 0 Å². The number of aliphatic imine (C=N–C) groups is 2. The van der Waals surface area contributed by atoms with Gasteiger partial charge in [0.15, 0.2) is 11.9 Å².